The monoisotopic (exact) mass is 248 g/mol. The van der Waals surface area contributed by atoms with Crippen molar-refractivity contribution in [2.24, 2.45) is 7.05 Å². The van der Waals surface area contributed by atoms with Crippen LogP contribution in [0.3, 0.4) is 0 Å². The number of aliphatic hydroxyl groups is 1. The van der Waals surface area contributed by atoms with Crippen LogP contribution in [0.15, 0.2) is 0 Å². The van der Waals surface area contributed by atoms with Gasteiger partial charge in [0.05, 0.1) is 16.4 Å². The first-order valence-corrected chi connectivity index (χ1v) is 6.62. The second-order valence-electron chi connectivity index (χ2n) is 3.31. The minimum atomic E-state index is 0.256. The number of nitrogens with zero attached hydrogens (tertiary/aromatic N) is 2. The molecule has 0 saturated carbocycles. The maximum absolute atomic E-state index is 8.66. The fraction of sp³-hybridized carbons (Fsp3) is 0.700. The van der Waals surface area contributed by atoms with Crippen molar-refractivity contribution in [2.75, 3.05) is 12.4 Å². The number of aryl methyl sites for hydroxylation is 2. The molecule has 0 aliphatic carbocycles. The Morgan fingerprint density at radius 3 is 2.80 bits per heavy atom. The molecule has 86 valence electrons. The van der Waals surface area contributed by atoms with Gasteiger partial charge in [0.15, 0.2) is 0 Å². The highest BCUT2D eigenvalue weighted by atomic mass is 35.5. The van der Waals surface area contributed by atoms with Crippen molar-refractivity contribution in [3.8, 4) is 0 Å². The predicted octanol–water partition coefficient (Wildman–Crippen LogP) is 2.25. The third-order valence-corrected chi connectivity index (χ3v) is 3.68. The zero-order valence-corrected chi connectivity index (χ0v) is 10.7. The van der Waals surface area contributed by atoms with Crippen LogP contribution in [0.4, 0.5) is 0 Å². The SMILES string of the molecule is CCc1nn(C)c(CSCCCO)c1Cl. The van der Waals surface area contributed by atoms with Gasteiger partial charge in [-0.1, -0.05) is 18.5 Å². The van der Waals surface area contributed by atoms with E-state index in [1.165, 1.54) is 0 Å². The van der Waals surface area contributed by atoms with Crippen LogP contribution in [0.2, 0.25) is 5.02 Å². The molecule has 15 heavy (non-hydrogen) atoms. The molecule has 1 heterocycles. The summed E-state index contributed by atoms with van der Waals surface area (Å²) >= 11 is 7.97. The normalized spacial score (nSPS) is 10.9. The van der Waals surface area contributed by atoms with Crippen molar-refractivity contribution in [3.63, 3.8) is 0 Å². The van der Waals surface area contributed by atoms with Gasteiger partial charge in [0, 0.05) is 19.4 Å². The number of rotatable bonds is 6. The summed E-state index contributed by atoms with van der Waals surface area (Å²) in [4.78, 5) is 0. The quantitative estimate of drug-likeness (QED) is 0.785. The number of hydrogen-bond acceptors (Lipinski definition) is 3. The minimum absolute atomic E-state index is 0.256. The van der Waals surface area contributed by atoms with E-state index in [2.05, 4.69) is 12.0 Å². The number of aliphatic hydroxyl groups excluding tert-OH is 1. The fourth-order valence-electron chi connectivity index (χ4n) is 1.31. The first-order valence-electron chi connectivity index (χ1n) is 5.09. The molecule has 0 bridgehead atoms. The van der Waals surface area contributed by atoms with Gasteiger partial charge in [-0.15, -0.1) is 0 Å². The summed E-state index contributed by atoms with van der Waals surface area (Å²) in [7, 11) is 1.92. The highest BCUT2D eigenvalue weighted by Gasteiger charge is 2.12. The smallest absolute Gasteiger partial charge is 0.0858 e. The molecule has 5 heteroatoms. The molecule has 0 fully saturated rings. The van der Waals surface area contributed by atoms with Gasteiger partial charge in [0.1, 0.15) is 0 Å². The van der Waals surface area contributed by atoms with Gasteiger partial charge in [-0.3, -0.25) is 4.68 Å². The highest BCUT2D eigenvalue weighted by molar-refractivity contribution is 7.98. The van der Waals surface area contributed by atoms with Gasteiger partial charge in [-0.25, -0.2) is 0 Å². The van der Waals surface area contributed by atoms with Gasteiger partial charge >= 0.3 is 0 Å². The van der Waals surface area contributed by atoms with E-state index in [9.17, 15) is 0 Å². The molecule has 3 nitrogen and oxygen atoms in total. The lowest BCUT2D eigenvalue weighted by Crippen LogP contribution is -1.97. The lowest BCUT2D eigenvalue weighted by molar-refractivity contribution is 0.296. The summed E-state index contributed by atoms with van der Waals surface area (Å²) in [5.41, 5.74) is 2.05. The number of aromatic nitrogens is 2. The van der Waals surface area contributed by atoms with Gasteiger partial charge in [-0.2, -0.15) is 16.9 Å². The predicted molar refractivity (Wildman–Crippen MR) is 65.5 cm³/mol. The molecule has 1 aromatic heterocycles. The first-order chi connectivity index (χ1) is 7.20. The van der Waals surface area contributed by atoms with Crippen LogP contribution in [0.5, 0.6) is 0 Å². The summed E-state index contributed by atoms with van der Waals surface area (Å²) in [6.07, 6.45) is 1.70. The maximum atomic E-state index is 8.66. The molecule has 1 N–H and O–H groups in total. The lowest BCUT2D eigenvalue weighted by Gasteiger charge is -2.02. The third-order valence-electron chi connectivity index (χ3n) is 2.19. The molecule has 0 atom stereocenters. The van der Waals surface area contributed by atoms with E-state index in [0.717, 1.165) is 40.8 Å². The molecular formula is C10H17ClN2OS. The van der Waals surface area contributed by atoms with Gasteiger partial charge in [0.25, 0.3) is 0 Å². The Bertz CT molecular complexity index is 315. The molecule has 1 rings (SSSR count). The molecule has 0 unspecified atom stereocenters. The Kier molecular flexibility index (Phi) is 5.50. The fourth-order valence-corrected chi connectivity index (χ4v) is 2.75. The van der Waals surface area contributed by atoms with E-state index in [1.54, 1.807) is 11.8 Å². The van der Waals surface area contributed by atoms with Crippen molar-refractivity contribution in [2.45, 2.75) is 25.5 Å². The van der Waals surface area contributed by atoms with Crippen LogP contribution in [0, 0.1) is 0 Å². The Morgan fingerprint density at radius 1 is 1.53 bits per heavy atom. The Hall–Kier alpha value is -0.190. The van der Waals surface area contributed by atoms with Crippen LogP contribution in [0.1, 0.15) is 24.7 Å². The minimum Gasteiger partial charge on any atom is -0.396 e. The largest absolute Gasteiger partial charge is 0.396 e. The van der Waals surface area contributed by atoms with Crippen molar-refractivity contribution < 1.29 is 5.11 Å². The molecule has 0 spiro atoms. The second-order valence-corrected chi connectivity index (χ2v) is 4.80. The summed E-state index contributed by atoms with van der Waals surface area (Å²) < 4.78 is 1.85. The highest BCUT2D eigenvalue weighted by Crippen LogP contribution is 2.24. The average molecular weight is 249 g/mol. The zero-order chi connectivity index (χ0) is 11.3. The van der Waals surface area contributed by atoms with E-state index in [1.807, 2.05) is 11.7 Å². The summed E-state index contributed by atoms with van der Waals surface area (Å²) in [5, 5.41) is 13.8. The molecule has 0 aromatic carbocycles. The van der Waals surface area contributed by atoms with E-state index in [-0.39, 0.29) is 6.61 Å². The molecule has 0 aliphatic rings. The number of thioether (sulfide) groups is 1. The molecule has 0 aliphatic heterocycles. The maximum Gasteiger partial charge on any atom is 0.0858 e. The van der Waals surface area contributed by atoms with E-state index in [0.29, 0.717) is 0 Å². The summed E-state index contributed by atoms with van der Waals surface area (Å²) in [6, 6.07) is 0. The lowest BCUT2D eigenvalue weighted by atomic mass is 10.3. The average Bonchev–Trinajstić information content (AvgIpc) is 2.50. The standard InChI is InChI=1S/C10H17ClN2OS/c1-3-8-10(11)9(13(2)12-8)7-15-6-4-5-14/h14H,3-7H2,1-2H3. The zero-order valence-electron chi connectivity index (χ0n) is 9.16. The van der Waals surface area contributed by atoms with Gasteiger partial charge in [0.2, 0.25) is 0 Å². The van der Waals surface area contributed by atoms with E-state index >= 15 is 0 Å². The van der Waals surface area contributed by atoms with Crippen molar-refractivity contribution in [3.05, 3.63) is 16.4 Å². The first kappa shape index (κ1) is 12.9. The topological polar surface area (TPSA) is 38.0 Å². The Morgan fingerprint density at radius 2 is 2.27 bits per heavy atom. The second kappa shape index (κ2) is 6.40. The van der Waals surface area contributed by atoms with Crippen LogP contribution in [0.25, 0.3) is 0 Å². The molecule has 0 saturated heterocycles. The molecular weight excluding hydrogens is 232 g/mol. The van der Waals surface area contributed by atoms with Crippen molar-refractivity contribution >= 4 is 23.4 Å². The molecule has 1 aromatic rings. The third kappa shape index (κ3) is 3.40. The van der Waals surface area contributed by atoms with Crippen LogP contribution >= 0.6 is 23.4 Å². The van der Waals surface area contributed by atoms with Gasteiger partial charge < -0.3 is 5.11 Å². The van der Waals surface area contributed by atoms with Crippen LogP contribution < -0.4 is 0 Å². The van der Waals surface area contributed by atoms with E-state index < -0.39 is 0 Å². The van der Waals surface area contributed by atoms with E-state index in [4.69, 9.17) is 16.7 Å². The molecule has 0 radical (unpaired) electrons. The van der Waals surface area contributed by atoms with Crippen molar-refractivity contribution in [1.82, 2.24) is 9.78 Å². The molecule has 0 amide bonds. The van der Waals surface area contributed by atoms with Crippen molar-refractivity contribution in [1.29, 1.82) is 0 Å². The van der Waals surface area contributed by atoms with Crippen LogP contribution in [-0.4, -0.2) is 27.2 Å². The summed E-state index contributed by atoms with van der Waals surface area (Å²) in [6.45, 7) is 2.31. The Labute approximate surface area is 99.8 Å². The van der Waals surface area contributed by atoms with Gasteiger partial charge in [-0.05, 0) is 18.6 Å². The number of halogens is 1. The number of hydrogen-bond donors (Lipinski definition) is 1. The summed E-state index contributed by atoms with van der Waals surface area (Å²) in [5.74, 6) is 1.82. The van der Waals surface area contributed by atoms with Crippen LogP contribution in [-0.2, 0) is 19.2 Å². The Balaban J connectivity index is 2.56.